The van der Waals surface area contributed by atoms with Crippen molar-refractivity contribution in [2.24, 2.45) is 0 Å². The summed E-state index contributed by atoms with van der Waals surface area (Å²) in [7, 11) is 0. The topological polar surface area (TPSA) is 38.8 Å². The lowest BCUT2D eigenvalue weighted by molar-refractivity contribution is -0.145. The van der Waals surface area contributed by atoms with Gasteiger partial charge in [-0.3, -0.25) is 9.69 Å². The Morgan fingerprint density at radius 3 is 3.14 bits per heavy atom. The van der Waals surface area contributed by atoms with Crippen molar-refractivity contribution in [3.05, 3.63) is 22.4 Å². The van der Waals surface area contributed by atoms with Crippen LogP contribution in [0.25, 0.3) is 0 Å². The molecular weight excluding hydrogens is 286 g/mol. The maximum Gasteiger partial charge on any atom is 0.320 e. The molecule has 1 fully saturated rings. The lowest BCUT2D eigenvalue weighted by Crippen LogP contribution is -2.36. The van der Waals surface area contributed by atoms with Crippen LogP contribution in [0.1, 0.15) is 37.5 Å². The Kier molecular flexibility index (Phi) is 7.19. The average molecular weight is 311 g/mol. The Morgan fingerprint density at radius 2 is 2.48 bits per heavy atom. The monoisotopic (exact) mass is 311 g/mol. The molecule has 0 aromatic carbocycles. The van der Waals surface area contributed by atoms with Gasteiger partial charge in [0.25, 0.3) is 0 Å². The molecular formula is C16H25NO3S. The number of carbonyl (C=O) groups is 1. The van der Waals surface area contributed by atoms with Crippen LogP contribution in [0.15, 0.2) is 17.5 Å². The highest BCUT2D eigenvalue weighted by Gasteiger charge is 2.21. The molecule has 0 radical (unpaired) electrons. The fourth-order valence-corrected chi connectivity index (χ4v) is 3.19. The summed E-state index contributed by atoms with van der Waals surface area (Å²) in [5.41, 5.74) is 0. The van der Waals surface area contributed by atoms with Crippen molar-refractivity contribution < 1.29 is 14.3 Å². The molecule has 2 heterocycles. The SMILES string of the molecule is CCCCOC(=O)CN(Cc1cccs1)CC1CCCO1. The minimum absolute atomic E-state index is 0.127. The Labute approximate surface area is 131 Å². The molecule has 1 aromatic heterocycles. The predicted molar refractivity (Wildman–Crippen MR) is 84.4 cm³/mol. The molecule has 0 aliphatic carbocycles. The van der Waals surface area contributed by atoms with E-state index in [4.69, 9.17) is 9.47 Å². The number of ether oxygens (including phenoxy) is 2. The zero-order valence-electron chi connectivity index (χ0n) is 12.8. The van der Waals surface area contributed by atoms with Gasteiger partial charge in [0.15, 0.2) is 0 Å². The molecule has 0 spiro atoms. The summed E-state index contributed by atoms with van der Waals surface area (Å²) in [5, 5.41) is 2.07. The lowest BCUT2D eigenvalue weighted by Gasteiger charge is -2.23. The summed E-state index contributed by atoms with van der Waals surface area (Å²) in [4.78, 5) is 15.4. The molecule has 1 aliphatic heterocycles. The number of unbranched alkanes of at least 4 members (excludes halogenated alkanes) is 1. The number of hydrogen-bond acceptors (Lipinski definition) is 5. The second kappa shape index (κ2) is 9.18. The number of rotatable bonds is 9. The number of esters is 1. The maximum atomic E-state index is 11.9. The minimum atomic E-state index is -0.127. The standard InChI is InChI=1S/C16H25NO3S/c1-2-3-8-20-16(18)13-17(11-14-6-4-9-19-14)12-15-7-5-10-21-15/h5,7,10,14H,2-4,6,8-9,11-13H2,1H3. The van der Waals surface area contributed by atoms with Gasteiger partial charge in [0.05, 0.1) is 19.3 Å². The van der Waals surface area contributed by atoms with Crippen LogP contribution in [0.2, 0.25) is 0 Å². The molecule has 0 saturated carbocycles. The third-order valence-electron chi connectivity index (χ3n) is 3.56. The molecule has 21 heavy (non-hydrogen) atoms. The molecule has 118 valence electrons. The molecule has 1 aliphatic rings. The van der Waals surface area contributed by atoms with Gasteiger partial charge in [-0.05, 0) is 30.7 Å². The highest BCUT2D eigenvalue weighted by molar-refractivity contribution is 7.09. The second-order valence-electron chi connectivity index (χ2n) is 5.46. The normalized spacial score (nSPS) is 18.3. The van der Waals surface area contributed by atoms with E-state index < -0.39 is 0 Å². The van der Waals surface area contributed by atoms with Crippen LogP contribution in [-0.2, 0) is 20.8 Å². The van der Waals surface area contributed by atoms with Crippen LogP contribution in [0, 0.1) is 0 Å². The summed E-state index contributed by atoms with van der Waals surface area (Å²) < 4.78 is 11.0. The van der Waals surface area contributed by atoms with E-state index in [9.17, 15) is 4.79 Å². The number of thiophene rings is 1. The van der Waals surface area contributed by atoms with Crippen molar-refractivity contribution in [1.82, 2.24) is 4.90 Å². The fourth-order valence-electron chi connectivity index (χ4n) is 2.44. The van der Waals surface area contributed by atoms with Gasteiger partial charge in [-0.1, -0.05) is 19.4 Å². The summed E-state index contributed by atoms with van der Waals surface area (Å²) in [6, 6.07) is 4.15. The zero-order valence-corrected chi connectivity index (χ0v) is 13.6. The van der Waals surface area contributed by atoms with Crippen LogP contribution in [0.5, 0.6) is 0 Å². The van der Waals surface area contributed by atoms with Crippen LogP contribution >= 0.6 is 11.3 Å². The Morgan fingerprint density at radius 1 is 1.57 bits per heavy atom. The fraction of sp³-hybridized carbons (Fsp3) is 0.688. The summed E-state index contributed by atoms with van der Waals surface area (Å²) in [6.07, 6.45) is 4.45. The van der Waals surface area contributed by atoms with Gasteiger partial charge in [0, 0.05) is 24.6 Å². The van der Waals surface area contributed by atoms with Gasteiger partial charge in [-0.2, -0.15) is 0 Å². The van der Waals surface area contributed by atoms with Crippen molar-refractivity contribution in [1.29, 1.82) is 0 Å². The molecule has 0 bridgehead atoms. The molecule has 1 unspecified atom stereocenters. The smallest absolute Gasteiger partial charge is 0.320 e. The Bertz CT molecular complexity index is 402. The van der Waals surface area contributed by atoms with E-state index in [2.05, 4.69) is 23.3 Å². The van der Waals surface area contributed by atoms with Crippen LogP contribution in [0.4, 0.5) is 0 Å². The van der Waals surface area contributed by atoms with Crippen LogP contribution in [-0.4, -0.2) is 43.3 Å². The van der Waals surface area contributed by atoms with Crippen molar-refractivity contribution in [3.63, 3.8) is 0 Å². The van der Waals surface area contributed by atoms with Crippen LogP contribution in [0.3, 0.4) is 0 Å². The van der Waals surface area contributed by atoms with Crippen molar-refractivity contribution in [3.8, 4) is 0 Å². The van der Waals surface area contributed by atoms with Gasteiger partial charge in [0.2, 0.25) is 0 Å². The molecule has 1 saturated heterocycles. The van der Waals surface area contributed by atoms with Gasteiger partial charge in [-0.15, -0.1) is 11.3 Å². The molecule has 5 heteroatoms. The van der Waals surface area contributed by atoms with Crippen LogP contribution < -0.4 is 0 Å². The lowest BCUT2D eigenvalue weighted by atomic mass is 10.2. The van der Waals surface area contributed by atoms with E-state index in [0.29, 0.717) is 13.2 Å². The maximum absolute atomic E-state index is 11.9. The van der Waals surface area contributed by atoms with Gasteiger partial charge >= 0.3 is 5.97 Å². The summed E-state index contributed by atoms with van der Waals surface area (Å²) >= 11 is 1.72. The Hall–Kier alpha value is -0.910. The first kappa shape index (κ1) is 16.5. The van der Waals surface area contributed by atoms with Crippen molar-refractivity contribution >= 4 is 17.3 Å². The molecule has 1 aromatic rings. The number of carbonyl (C=O) groups excluding carboxylic acids is 1. The molecule has 2 rings (SSSR count). The zero-order chi connectivity index (χ0) is 14.9. The van der Waals surface area contributed by atoms with E-state index in [1.54, 1.807) is 11.3 Å². The second-order valence-corrected chi connectivity index (χ2v) is 6.49. The van der Waals surface area contributed by atoms with E-state index >= 15 is 0 Å². The first-order valence-electron chi connectivity index (χ1n) is 7.80. The van der Waals surface area contributed by atoms with E-state index in [-0.39, 0.29) is 12.1 Å². The van der Waals surface area contributed by atoms with E-state index in [0.717, 1.165) is 45.4 Å². The van der Waals surface area contributed by atoms with E-state index in [1.807, 2.05) is 6.07 Å². The first-order chi connectivity index (χ1) is 10.3. The third kappa shape index (κ3) is 6.16. The summed E-state index contributed by atoms with van der Waals surface area (Å²) in [6.45, 7) is 5.41. The minimum Gasteiger partial charge on any atom is -0.465 e. The summed E-state index contributed by atoms with van der Waals surface area (Å²) in [5.74, 6) is -0.127. The quantitative estimate of drug-likeness (QED) is 0.519. The highest BCUT2D eigenvalue weighted by Crippen LogP contribution is 2.17. The van der Waals surface area contributed by atoms with E-state index in [1.165, 1.54) is 4.88 Å². The highest BCUT2D eigenvalue weighted by atomic mass is 32.1. The van der Waals surface area contributed by atoms with Crippen molar-refractivity contribution in [2.75, 3.05) is 26.3 Å². The van der Waals surface area contributed by atoms with Crippen molar-refractivity contribution in [2.45, 2.75) is 45.3 Å². The van der Waals surface area contributed by atoms with Gasteiger partial charge in [0.1, 0.15) is 0 Å². The number of nitrogens with zero attached hydrogens (tertiary/aromatic N) is 1. The Balaban J connectivity index is 1.83. The third-order valence-corrected chi connectivity index (χ3v) is 4.42. The van der Waals surface area contributed by atoms with Gasteiger partial charge in [-0.25, -0.2) is 0 Å². The molecule has 4 nitrogen and oxygen atoms in total. The molecule has 0 N–H and O–H groups in total. The number of hydrogen-bond donors (Lipinski definition) is 0. The first-order valence-corrected chi connectivity index (χ1v) is 8.68. The van der Waals surface area contributed by atoms with Gasteiger partial charge < -0.3 is 9.47 Å². The average Bonchev–Trinajstić information content (AvgIpc) is 3.12. The predicted octanol–water partition coefficient (Wildman–Crippen LogP) is 3.07. The molecule has 0 amide bonds. The largest absolute Gasteiger partial charge is 0.465 e. The molecule has 1 atom stereocenters.